The summed E-state index contributed by atoms with van der Waals surface area (Å²) in [5, 5.41) is 2.86. The lowest BCUT2D eigenvalue weighted by molar-refractivity contribution is -0.142. The second kappa shape index (κ2) is 8.92. The number of fused-ring (bicyclic) bond motifs is 2. The first-order chi connectivity index (χ1) is 15.1. The summed E-state index contributed by atoms with van der Waals surface area (Å²) < 4.78 is 5.31. The SMILES string of the molecule is CC(C)CC1C2=C(CCN1C(=O)C1CC(CNC(=O)OC(C)(C)C)C1)c1ccccc1C2. The van der Waals surface area contributed by atoms with Crippen LogP contribution in [0.4, 0.5) is 4.79 Å². The quantitative estimate of drug-likeness (QED) is 0.688. The van der Waals surface area contributed by atoms with E-state index in [0.717, 1.165) is 38.6 Å². The van der Waals surface area contributed by atoms with Gasteiger partial charge in [0.25, 0.3) is 0 Å². The van der Waals surface area contributed by atoms with Crippen LogP contribution in [0.5, 0.6) is 0 Å². The molecular formula is C27H38N2O3. The fraction of sp³-hybridized carbons (Fsp3) is 0.630. The highest BCUT2D eigenvalue weighted by molar-refractivity contribution is 5.84. The van der Waals surface area contributed by atoms with Crippen molar-refractivity contribution >= 4 is 17.6 Å². The lowest BCUT2D eigenvalue weighted by Gasteiger charge is -2.43. The number of hydrogen-bond acceptors (Lipinski definition) is 3. The number of benzene rings is 1. The lowest BCUT2D eigenvalue weighted by Crippen LogP contribution is -2.51. The maximum Gasteiger partial charge on any atom is 0.407 e. The number of ether oxygens (including phenoxy) is 1. The van der Waals surface area contributed by atoms with Gasteiger partial charge < -0.3 is 15.0 Å². The number of carbonyl (C=O) groups excluding carboxylic acids is 2. The Bertz CT molecular complexity index is 906. The van der Waals surface area contributed by atoms with Crippen molar-refractivity contribution in [2.24, 2.45) is 17.8 Å². The zero-order valence-corrected chi connectivity index (χ0v) is 20.2. The number of nitrogens with one attached hydrogen (secondary N) is 1. The van der Waals surface area contributed by atoms with Crippen LogP contribution in [0.2, 0.25) is 0 Å². The van der Waals surface area contributed by atoms with E-state index in [9.17, 15) is 9.59 Å². The van der Waals surface area contributed by atoms with Crippen LogP contribution in [0, 0.1) is 17.8 Å². The molecule has 0 bridgehead atoms. The summed E-state index contributed by atoms with van der Waals surface area (Å²) in [4.78, 5) is 27.6. The molecule has 5 nitrogen and oxygen atoms in total. The molecule has 1 aliphatic heterocycles. The van der Waals surface area contributed by atoms with E-state index >= 15 is 0 Å². The molecule has 1 aromatic carbocycles. The van der Waals surface area contributed by atoms with Gasteiger partial charge in [-0.05, 0) is 87.0 Å². The Morgan fingerprint density at radius 3 is 2.59 bits per heavy atom. The second-order valence-electron chi connectivity index (χ2n) is 11.2. The Morgan fingerprint density at radius 2 is 1.91 bits per heavy atom. The van der Waals surface area contributed by atoms with Crippen LogP contribution >= 0.6 is 0 Å². The van der Waals surface area contributed by atoms with Gasteiger partial charge in [0, 0.05) is 19.0 Å². The molecule has 1 saturated carbocycles. The maximum atomic E-state index is 13.5. The summed E-state index contributed by atoms with van der Waals surface area (Å²) in [6.07, 6.45) is 4.30. The molecule has 1 aromatic rings. The highest BCUT2D eigenvalue weighted by atomic mass is 16.6. The standard InChI is InChI=1S/C27H38N2O3/c1-17(2)12-24-23-15-19-8-6-7-9-21(19)22(23)10-11-29(24)25(30)20-13-18(14-20)16-28-26(31)32-27(3,4)5/h6-9,17-18,20,24H,10-16H2,1-5H3,(H,28,31). The Kier molecular flexibility index (Phi) is 6.37. The molecule has 0 aromatic heterocycles. The average molecular weight is 439 g/mol. The van der Waals surface area contributed by atoms with Crippen molar-refractivity contribution in [3.05, 3.63) is 41.0 Å². The van der Waals surface area contributed by atoms with Crippen LogP contribution in [0.15, 0.2) is 29.8 Å². The van der Waals surface area contributed by atoms with Gasteiger partial charge in [-0.1, -0.05) is 38.1 Å². The van der Waals surface area contributed by atoms with Crippen molar-refractivity contribution in [2.75, 3.05) is 13.1 Å². The maximum absolute atomic E-state index is 13.5. The van der Waals surface area contributed by atoms with Gasteiger partial charge in [0.2, 0.25) is 5.91 Å². The highest BCUT2D eigenvalue weighted by Crippen LogP contribution is 2.44. The van der Waals surface area contributed by atoms with Crippen LogP contribution in [0.25, 0.3) is 5.57 Å². The third kappa shape index (κ3) is 4.87. The number of nitrogens with zero attached hydrogens (tertiary/aromatic N) is 1. The Balaban J connectivity index is 1.37. The monoisotopic (exact) mass is 438 g/mol. The summed E-state index contributed by atoms with van der Waals surface area (Å²) in [5.74, 6) is 1.29. The lowest BCUT2D eigenvalue weighted by atomic mass is 9.73. The van der Waals surface area contributed by atoms with E-state index in [1.807, 2.05) is 20.8 Å². The molecule has 2 aliphatic carbocycles. The largest absolute Gasteiger partial charge is 0.444 e. The Labute approximate surface area is 192 Å². The van der Waals surface area contributed by atoms with Gasteiger partial charge >= 0.3 is 6.09 Å². The molecule has 2 amide bonds. The molecule has 174 valence electrons. The Hall–Kier alpha value is -2.30. The van der Waals surface area contributed by atoms with Crippen molar-refractivity contribution < 1.29 is 14.3 Å². The van der Waals surface area contributed by atoms with Crippen molar-refractivity contribution in [1.82, 2.24) is 10.2 Å². The number of hydrogen-bond donors (Lipinski definition) is 1. The van der Waals surface area contributed by atoms with Gasteiger partial charge in [0.05, 0.1) is 6.04 Å². The van der Waals surface area contributed by atoms with E-state index in [-0.39, 0.29) is 18.1 Å². The molecule has 1 heterocycles. The smallest absolute Gasteiger partial charge is 0.407 e. The minimum atomic E-state index is -0.491. The van der Waals surface area contributed by atoms with E-state index in [2.05, 4.69) is 48.3 Å². The van der Waals surface area contributed by atoms with Gasteiger partial charge in [-0.3, -0.25) is 4.79 Å². The van der Waals surface area contributed by atoms with Gasteiger partial charge in [-0.2, -0.15) is 0 Å². The van der Waals surface area contributed by atoms with E-state index in [1.54, 1.807) is 0 Å². The number of carbonyl (C=O) groups is 2. The first-order valence-corrected chi connectivity index (χ1v) is 12.2. The summed E-state index contributed by atoms with van der Waals surface area (Å²) in [5.41, 5.74) is 5.29. The molecule has 0 spiro atoms. The first-order valence-electron chi connectivity index (χ1n) is 12.2. The van der Waals surface area contributed by atoms with Crippen molar-refractivity contribution in [1.29, 1.82) is 0 Å². The van der Waals surface area contributed by atoms with E-state index in [4.69, 9.17) is 4.74 Å². The predicted octanol–water partition coefficient (Wildman–Crippen LogP) is 5.19. The van der Waals surface area contributed by atoms with Gasteiger partial charge in [0.1, 0.15) is 5.60 Å². The fourth-order valence-corrected chi connectivity index (χ4v) is 5.50. The normalized spacial score (nSPS) is 24.7. The van der Waals surface area contributed by atoms with Crippen LogP contribution in [-0.4, -0.2) is 41.6 Å². The molecule has 0 radical (unpaired) electrons. The van der Waals surface area contributed by atoms with E-state index in [0.29, 0.717) is 24.3 Å². The van der Waals surface area contributed by atoms with Crippen LogP contribution in [-0.2, 0) is 16.0 Å². The highest BCUT2D eigenvalue weighted by Gasteiger charge is 2.42. The molecular weight excluding hydrogens is 400 g/mol. The van der Waals surface area contributed by atoms with Crippen LogP contribution in [0.1, 0.15) is 71.4 Å². The molecule has 1 fully saturated rings. The Morgan fingerprint density at radius 1 is 1.19 bits per heavy atom. The summed E-state index contributed by atoms with van der Waals surface area (Å²) in [7, 11) is 0. The molecule has 1 atom stereocenters. The van der Waals surface area contributed by atoms with Crippen molar-refractivity contribution in [3.63, 3.8) is 0 Å². The van der Waals surface area contributed by atoms with Gasteiger partial charge in [-0.25, -0.2) is 4.79 Å². The van der Waals surface area contributed by atoms with Gasteiger partial charge in [0.15, 0.2) is 0 Å². The molecule has 0 saturated heterocycles. The van der Waals surface area contributed by atoms with Crippen molar-refractivity contribution in [2.45, 2.75) is 78.4 Å². The minimum absolute atomic E-state index is 0.0843. The second-order valence-corrected chi connectivity index (χ2v) is 11.2. The zero-order chi connectivity index (χ0) is 23.0. The fourth-order valence-electron chi connectivity index (χ4n) is 5.50. The molecule has 1 unspecified atom stereocenters. The number of alkyl carbamates (subject to hydrolysis) is 1. The molecule has 5 heteroatoms. The zero-order valence-electron chi connectivity index (χ0n) is 20.2. The third-order valence-electron chi connectivity index (χ3n) is 6.99. The van der Waals surface area contributed by atoms with Crippen LogP contribution in [0.3, 0.4) is 0 Å². The third-order valence-corrected chi connectivity index (χ3v) is 6.99. The van der Waals surface area contributed by atoms with E-state index in [1.165, 1.54) is 22.3 Å². The molecule has 4 rings (SSSR count). The summed E-state index contributed by atoms with van der Waals surface area (Å²) in [6, 6.07) is 8.95. The molecule has 32 heavy (non-hydrogen) atoms. The van der Waals surface area contributed by atoms with E-state index < -0.39 is 5.60 Å². The molecule has 3 aliphatic rings. The first kappa shape index (κ1) is 22.9. The van der Waals surface area contributed by atoms with Crippen molar-refractivity contribution in [3.8, 4) is 0 Å². The van der Waals surface area contributed by atoms with Crippen LogP contribution < -0.4 is 5.32 Å². The summed E-state index contributed by atoms with van der Waals surface area (Å²) in [6.45, 7) is 11.5. The van der Waals surface area contributed by atoms with Gasteiger partial charge in [-0.15, -0.1) is 0 Å². The predicted molar refractivity (Wildman–Crippen MR) is 127 cm³/mol. The summed E-state index contributed by atoms with van der Waals surface area (Å²) >= 11 is 0. The average Bonchev–Trinajstić information content (AvgIpc) is 3.04. The number of amides is 2. The minimum Gasteiger partial charge on any atom is -0.444 e. The number of rotatable bonds is 5. The molecule has 1 N–H and O–H groups in total. The topological polar surface area (TPSA) is 58.6 Å².